The van der Waals surface area contributed by atoms with Gasteiger partial charge >= 0.3 is 0 Å². The van der Waals surface area contributed by atoms with Crippen molar-refractivity contribution in [3.05, 3.63) is 23.4 Å². The third-order valence-electron chi connectivity index (χ3n) is 3.90. The summed E-state index contributed by atoms with van der Waals surface area (Å²) in [5.74, 6) is 1.03. The molecule has 0 aromatic carbocycles. The zero-order valence-electron chi connectivity index (χ0n) is 12.5. The normalized spacial score (nSPS) is 17.8. The Morgan fingerprint density at radius 2 is 1.79 bits per heavy atom. The van der Waals surface area contributed by atoms with Crippen LogP contribution in [0.1, 0.15) is 32.0 Å². The number of piperazine rings is 1. The van der Waals surface area contributed by atoms with Crippen LogP contribution in [0, 0.1) is 6.92 Å². The number of pyridine rings is 1. The average molecular weight is 263 g/mol. The van der Waals surface area contributed by atoms with Crippen LogP contribution in [0.2, 0.25) is 0 Å². The fourth-order valence-corrected chi connectivity index (χ4v) is 2.53. The van der Waals surface area contributed by atoms with E-state index in [0.717, 1.165) is 43.3 Å². The highest BCUT2D eigenvalue weighted by atomic mass is 16.3. The largest absolute Gasteiger partial charge is 0.392 e. The molecule has 19 heavy (non-hydrogen) atoms. The van der Waals surface area contributed by atoms with E-state index in [1.807, 2.05) is 19.1 Å². The molecule has 0 spiro atoms. The van der Waals surface area contributed by atoms with E-state index in [0.29, 0.717) is 0 Å². The predicted molar refractivity (Wildman–Crippen MR) is 78.4 cm³/mol. The zero-order chi connectivity index (χ0) is 14.0. The third-order valence-corrected chi connectivity index (χ3v) is 3.90. The Hall–Kier alpha value is -1.13. The van der Waals surface area contributed by atoms with Crippen LogP contribution < -0.4 is 4.90 Å². The molecule has 4 nitrogen and oxygen atoms in total. The second kappa shape index (κ2) is 5.47. The lowest BCUT2D eigenvalue weighted by Crippen LogP contribution is -2.53. The third kappa shape index (κ3) is 3.25. The molecule has 2 heterocycles. The summed E-state index contributed by atoms with van der Waals surface area (Å²) in [6.07, 6.45) is 0. The molecule has 2 rings (SSSR count). The highest BCUT2D eigenvalue weighted by molar-refractivity contribution is 5.42. The van der Waals surface area contributed by atoms with Crippen molar-refractivity contribution in [2.75, 3.05) is 31.1 Å². The van der Waals surface area contributed by atoms with Crippen molar-refractivity contribution in [3.8, 4) is 0 Å². The molecule has 1 saturated heterocycles. The van der Waals surface area contributed by atoms with Crippen LogP contribution in [0.5, 0.6) is 0 Å². The van der Waals surface area contributed by atoms with Crippen LogP contribution in [0.4, 0.5) is 5.82 Å². The molecule has 0 bridgehead atoms. The van der Waals surface area contributed by atoms with E-state index in [-0.39, 0.29) is 12.1 Å². The summed E-state index contributed by atoms with van der Waals surface area (Å²) in [7, 11) is 0. The minimum atomic E-state index is 0.0664. The number of aliphatic hydroxyl groups excluding tert-OH is 1. The number of aliphatic hydroxyl groups is 1. The molecule has 0 atom stereocenters. The van der Waals surface area contributed by atoms with Crippen LogP contribution in [0.3, 0.4) is 0 Å². The smallest absolute Gasteiger partial charge is 0.128 e. The van der Waals surface area contributed by atoms with Gasteiger partial charge in [0.05, 0.1) is 6.61 Å². The molecule has 1 aliphatic heterocycles. The first-order valence-corrected chi connectivity index (χ1v) is 6.99. The highest BCUT2D eigenvalue weighted by Crippen LogP contribution is 2.20. The fourth-order valence-electron chi connectivity index (χ4n) is 2.53. The Balaban J connectivity index is 2.04. The summed E-state index contributed by atoms with van der Waals surface area (Å²) >= 11 is 0. The lowest BCUT2D eigenvalue weighted by Gasteiger charge is -2.42. The van der Waals surface area contributed by atoms with Crippen molar-refractivity contribution in [2.24, 2.45) is 0 Å². The van der Waals surface area contributed by atoms with Crippen LogP contribution in [0.25, 0.3) is 0 Å². The Morgan fingerprint density at radius 3 is 2.26 bits per heavy atom. The molecule has 1 fully saturated rings. The van der Waals surface area contributed by atoms with Gasteiger partial charge in [-0.15, -0.1) is 0 Å². The van der Waals surface area contributed by atoms with Crippen molar-refractivity contribution in [1.82, 2.24) is 9.88 Å². The van der Waals surface area contributed by atoms with E-state index in [2.05, 4.69) is 35.6 Å². The fraction of sp³-hybridized carbons (Fsp3) is 0.667. The van der Waals surface area contributed by atoms with Crippen LogP contribution in [-0.4, -0.2) is 46.7 Å². The summed E-state index contributed by atoms with van der Waals surface area (Å²) in [4.78, 5) is 9.44. The Kier molecular flexibility index (Phi) is 4.11. The van der Waals surface area contributed by atoms with Crippen LogP contribution in [0.15, 0.2) is 12.1 Å². The Bertz CT molecular complexity index is 432. The van der Waals surface area contributed by atoms with E-state index in [1.54, 1.807) is 0 Å². The van der Waals surface area contributed by atoms with E-state index in [9.17, 15) is 5.11 Å². The average Bonchev–Trinajstić information content (AvgIpc) is 2.38. The van der Waals surface area contributed by atoms with Gasteiger partial charge in [0.15, 0.2) is 0 Å². The lowest BCUT2D eigenvalue weighted by atomic mass is 10.0. The summed E-state index contributed by atoms with van der Waals surface area (Å²) in [5.41, 5.74) is 2.09. The van der Waals surface area contributed by atoms with Crippen molar-refractivity contribution in [1.29, 1.82) is 0 Å². The van der Waals surface area contributed by atoms with E-state index >= 15 is 0 Å². The van der Waals surface area contributed by atoms with Gasteiger partial charge in [0.25, 0.3) is 0 Å². The van der Waals surface area contributed by atoms with Gasteiger partial charge in [-0.25, -0.2) is 4.98 Å². The van der Waals surface area contributed by atoms with Gasteiger partial charge in [0.1, 0.15) is 5.82 Å². The molecule has 1 aliphatic rings. The van der Waals surface area contributed by atoms with Crippen molar-refractivity contribution in [3.63, 3.8) is 0 Å². The molecule has 0 unspecified atom stereocenters. The highest BCUT2D eigenvalue weighted by Gasteiger charge is 2.26. The van der Waals surface area contributed by atoms with E-state index in [1.165, 1.54) is 0 Å². The van der Waals surface area contributed by atoms with Crippen LogP contribution in [-0.2, 0) is 6.61 Å². The number of rotatable bonds is 2. The van der Waals surface area contributed by atoms with Crippen molar-refractivity contribution < 1.29 is 5.11 Å². The number of aryl methyl sites for hydroxylation is 1. The molecule has 0 amide bonds. The van der Waals surface area contributed by atoms with Gasteiger partial charge in [-0.1, -0.05) is 6.07 Å². The predicted octanol–water partition coefficient (Wildman–Crippen LogP) is 1.80. The van der Waals surface area contributed by atoms with Gasteiger partial charge in [-0.05, 0) is 39.3 Å². The lowest BCUT2D eigenvalue weighted by molar-refractivity contribution is 0.128. The van der Waals surface area contributed by atoms with Crippen LogP contribution >= 0.6 is 0 Å². The minimum absolute atomic E-state index is 0.0664. The summed E-state index contributed by atoms with van der Waals surface area (Å²) in [6, 6.07) is 4.00. The van der Waals surface area contributed by atoms with Gasteiger partial charge < -0.3 is 10.0 Å². The van der Waals surface area contributed by atoms with Gasteiger partial charge in [0, 0.05) is 37.4 Å². The van der Waals surface area contributed by atoms with Gasteiger partial charge in [-0.2, -0.15) is 0 Å². The molecule has 1 N–H and O–H groups in total. The number of aromatic nitrogens is 1. The standard InChI is InChI=1S/C15H25N3O/c1-12-13(11-19)5-6-14(16-12)17-7-9-18(10-8-17)15(2,3)4/h5-6,19H,7-11H2,1-4H3. The summed E-state index contributed by atoms with van der Waals surface area (Å²) in [5, 5.41) is 9.18. The zero-order valence-corrected chi connectivity index (χ0v) is 12.5. The monoisotopic (exact) mass is 263 g/mol. The quantitative estimate of drug-likeness (QED) is 0.883. The van der Waals surface area contributed by atoms with E-state index < -0.39 is 0 Å². The topological polar surface area (TPSA) is 39.6 Å². The first-order chi connectivity index (χ1) is 8.91. The summed E-state index contributed by atoms with van der Waals surface area (Å²) in [6.45, 7) is 13.0. The Morgan fingerprint density at radius 1 is 1.16 bits per heavy atom. The molecule has 1 aromatic rings. The van der Waals surface area contributed by atoms with Crippen molar-refractivity contribution in [2.45, 2.75) is 39.8 Å². The molecule has 4 heteroatoms. The second-order valence-corrected chi connectivity index (χ2v) is 6.22. The Labute approximate surface area is 116 Å². The first-order valence-electron chi connectivity index (χ1n) is 6.99. The van der Waals surface area contributed by atoms with Gasteiger partial charge in [-0.3, -0.25) is 4.90 Å². The maximum atomic E-state index is 9.18. The van der Waals surface area contributed by atoms with Gasteiger partial charge in [0.2, 0.25) is 0 Å². The molecule has 106 valence electrons. The number of anilines is 1. The number of nitrogens with zero attached hydrogens (tertiary/aromatic N) is 3. The molecular formula is C15H25N3O. The molecule has 0 aliphatic carbocycles. The SMILES string of the molecule is Cc1nc(N2CCN(C(C)(C)C)CC2)ccc1CO. The molecular weight excluding hydrogens is 238 g/mol. The first kappa shape index (κ1) is 14.3. The summed E-state index contributed by atoms with van der Waals surface area (Å²) < 4.78 is 0. The maximum Gasteiger partial charge on any atom is 0.128 e. The van der Waals surface area contributed by atoms with Crippen molar-refractivity contribution >= 4 is 5.82 Å². The number of hydrogen-bond acceptors (Lipinski definition) is 4. The molecule has 0 radical (unpaired) electrons. The maximum absolute atomic E-state index is 9.18. The molecule has 0 saturated carbocycles. The molecule has 1 aromatic heterocycles. The second-order valence-electron chi connectivity index (χ2n) is 6.22. The van der Waals surface area contributed by atoms with E-state index in [4.69, 9.17) is 0 Å². The number of hydrogen-bond donors (Lipinski definition) is 1. The minimum Gasteiger partial charge on any atom is -0.392 e.